The number of aromatic nitrogens is 6. The average molecular weight is 1500 g/mol. The summed E-state index contributed by atoms with van der Waals surface area (Å²) in [5.41, 5.74) is 5.62. The number of ketones is 1. The molecule has 0 aliphatic carbocycles. The third kappa shape index (κ3) is 25.2. The zero-order valence-electron chi connectivity index (χ0n) is 63.4. The van der Waals surface area contributed by atoms with Gasteiger partial charge in [-0.15, -0.1) is 10.2 Å². The van der Waals surface area contributed by atoms with Crippen molar-refractivity contribution in [2.45, 2.75) is 151 Å². The Hall–Kier alpha value is -11.8. The SMILES string of the molecule is CC(=O)Oc1ccccc1.CC(=O)Oc1ccccc1.CCCCCCCCCCCCCCOc1ccccc1NC(=O)c1ccc2c(N(C)C(=O)n3nnc4ccccc43)cccc2c1O.Cc1ccc(OCCCC(=O)Nc2ccc(Cl)c(NC(=O)C(C(=O)C(C)(C)C)n3nnc4ccccc43)c2)c(C)c1. The standard InChI is InChI=1S/C39H47N5O4.C31H34ClN5O4.2C8H8O2/c1-3-4-5-6-7-8-9-10-11-12-13-18-28-48-36-25-17-15-22-33(36)40-38(46)31-27-26-29-30(37(31)45)20-19-24-34(29)43(2)39(47)44-35-23-16-14-21-32(35)41-42-44;1-19-12-15-26(20(2)17-19)41-16-8-11-27(38)33-21-13-14-22(32)24(18-21)34-30(40)28(29(39)31(3,4)5)37-25-10-7-6-9-23(25)35-36-37;2*1-7(9)10-8-5-3-2-4-6-8/h14-17,19-27,45H,3-13,18,28H2,1-2H3,(H,40,46);6-7,9-10,12-15,17-18,28H,8,11,16H2,1-5H3,(H,33,38)(H,34,40);2*2-6H,1H3. The minimum atomic E-state index is -1.28. The zero-order chi connectivity index (χ0) is 78.2. The van der Waals surface area contributed by atoms with Gasteiger partial charge in [0.1, 0.15) is 39.8 Å². The molecule has 4 N–H and O–H groups in total. The van der Waals surface area contributed by atoms with Gasteiger partial charge >= 0.3 is 18.0 Å². The molecule has 570 valence electrons. The number of fused-ring (bicyclic) bond motifs is 3. The lowest BCUT2D eigenvalue weighted by Crippen LogP contribution is -2.39. The molecule has 23 heteroatoms. The normalized spacial score (nSPS) is 11.1. The molecule has 0 radical (unpaired) electrons. The first-order valence-electron chi connectivity index (χ1n) is 36.8. The maximum absolute atomic E-state index is 13.6. The van der Waals surface area contributed by atoms with Gasteiger partial charge in [-0.1, -0.05) is 229 Å². The van der Waals surface area contributed by atoms with Crippen molar-refractivity contribution in [1.82, 2.24) is 30.0 Å². The average Bonchev–Trinajstić information content (AvgIpc) is 1.44. The molecule has 0 aliphatic heterocycles. The van der Waals surface area contributed by atoms with Crippen LogP contribution < -0.4 is 39.8 Å². The summed E-state index contributed by atoms with van der Waals surface area (Å²) in [6, 6.07) is 57.2. The van der Waals surface area contributed by atoms with E-state index in [0.717, 1.165) is 29.7 Å². The smallest absolute Gasteiger partial charge is 0.350 e. The summed E-state index contributed by atoms with van der Waals surface area (Å²) >= 11 is 6.39. The Morgan fingerprint density at radius 2 is 1.10 bits per heavy atom. The van der Waals surface area contributed by atoms with Crippen LogP contribution in [0.5, 0.6) is 28.7 Å². The number of amides is 4. The Morgan fingerprint density at radius 1 is 0.541 bits per heavy atom. The summed E-state index contributed by atoms with van der Waals surface area (Å²) in [6.45, 7) is 15.2. The summed E-state index contributed by atoms with van der Waals surface area (Å²) in [5, 5.41) is 37.4. The fraction of sp³-hybridized carbons (Fsp3) is 0.314. The lowest BCUT2D eigenvalue weighted by atomic mass is 9.86. The molecular weight excluding hydrogens is 1400 g/mol. The number of aromatic hydroxyl groups is 1. The number of Topliss-reactive ketones (excluding diaryl/α,β-unsaturated/α-hetero) is 1. The number of phenols is 1. The van der Waals surface area contributed by atoms with E-state index in [1.165, 1.54) is 92.3 Å². The molecule has 0 spiro atoms. The van der Waals surface area contributed by atoms with Crippen LogP contribution in [0.1, 0.15) is 159 Å². The molecule has 1 atom stereocenters. The second kappa shape index (κ2) is 41.9. The van der Waals surface area contributed by atoms with Crippen LogP contribution in [0, 0.1) is 19.3 Å². The van der Waals surface area contributed by atoms with Gasteiger partial charge in [-0.3, -0.25) is 33.7 Å². The van der Waals surface area contributed by atoms with Gasteiger partial charge in [-0.05, 0) is 129 Å². The first-order chi connectivity index (χ1) is 52.5. The maximum Gasteiger partial charge on any atom is 0.350 e. The van der Waals surface area contributed by atoms with Crippen molar-refractivity contribution in [1.29, 1.82) is 0 Å². The number of nitrogens with one attached hydrogen (secondary N) is 3. The molecule has 11 rings (SSSR count). The number of phenolic OH excluding ortho intramolecular Hbond substituents is 1. The summed E-state index contributed by atoms with van der Waals surface area (Å²) in [4.78, 5) is 88.7. The highest BCUT2D eigenvalue weighted by atomic mass is 35.5. The number of halogens is 1. The Morgan fingerprint density at radius 3 is 1.72 bits per heavy atom. The number of hydrogen-bond donors (Lipinski definition) is 4. The number of esters is 2. The van der Waals surface area contributed by atoms with Gasteiger partial charge in [0.15, 0.2) is 11.8 Å². The lowest BCUT2D eigenvalue weighted by molar-refractivity contribution is -0.136. The molecule has 0 fully saturated rings. The van der Waals surface area contributed by atoms with Crippen molar-refractivity contribution in [3.63, 3.8) is 0 Å². The molecule has 0 saturated heterocycles. The Labute approximate surface area is 641 Å². The number of ether oxygens (including phenoxy) is 4. The lowest BCUT2D eigenvalue weighted by Gasteiger charge is -2.24. The van der Waals surface area contributed by atoms with E-state index in [9.17, 15) is 38.7 Å². The first kappa shape index (κ1) is 82.9. The number of anilines is 4. The van der Waals surface area contributed by atoms with E-state index in [2.05, 4.69) is 43.5 Å². The fourth-order valence-electron chi connectivity index (χ4n) is 11.7. The quantitative estimate of drug-likeness (QED) is 0.0147. The molecule has 0 aliphatic rings. The molecule has 2 heterocycles. The van der Waals surface area contributed by atoms with Gasteiger partial charge in [0.25, 0.3) is 11.8 Å². The second-order valence-electron chi connectivity index (χ2n) is 27.2. The molecule has 4 amide bonds. The van der Waals surface area contributed by atoms with E-state index in [1.54, 1.807) is 143 Å². The number of unbranched alkanes of at least 4 members (excludes halogenated alkanes) is 11. The van der Waals surface area contributed by atoms with Crippen LogP contribution in [0.4, 0.5) is 27.5 Å². The van der Waals surface area contributed by atoms with Gasteiger partial charge in [-0.2, -0.15) is 4.68 Å². The number of hydrogen-bond acceptors (Lipinski definition) is 16. The van der Waals surface area contributed by atoms with E-state index in [-0.39, 0.29) is 52.1 Å². The van der Waals surface area contributed by atoms with E-state index < -0.39 is 29.3 Å². The molecule has 0 bridgehead atoms. The van der Waals surface area contributed by atoms with E-state index >= 15 is 0 Å². The Bertz CT molecular complexity index is 4800. The highest BCUT2D eigenvalue weighted by molar-refractivity contribution is 6.34. The summed E-state index contributed by atoms with van der Waals surface area (Å²) in [7, 11) is 1.64. The number of nitrogens with zero attached hydrogens (tertiary/aromatic N) is 7. The molecule has 109 heavy (non-hydrogen) atoms. The predicted octanol–water partition coefficient (Wildman–Crippen LogP) is 19.2. The molecule has 1 unspecified atom stereocenters. The van der Waals surface area contributed by atoms with Gasteiger partial charge in [0, 0.05) is 49.2 Å². The summed E-state index contributed by atoms with van der Waals surface area (Å²) in [5.74, 6) is 0.219. The second-order valence-corrected chi connectivity index (χ2v) is 27.6. The maximum atomic E-state index is 13.6. The summed E-state index contributed by atoms with van der Waals surface area (Å²) < 4.78 is 24.0. The number of carbonyl (C=O) groups excluding carboxylic acids is 7. The molecular formula is C86H97ClN10O12. The van der Waals surface area contributed by atoms with Gasteiger partial charge in [-0.25, -0.2) is 9.48 Å². The van der Waals surface area contributed by atoms with Crippen LogP contribution in [-0.2, 0) is 24.0 Å². The predicted molar refractivity (Wildman–Crippen MR) is 429 cm³/mol. The molecule has 22 nitrogen and oxygen atoms in total. The van der Waals surface area contributed by atoms with E-state index in [1.807, 2.05) is 98.8 Å². The van der Waals surface area contributed by atoms with Crippen LogP contribution in [0.15, 0.2) is 200 Å². The Balaban J connectivity index is 0.000000219. The van der Waals surface area contributed by atoms with E-state index in [4.69, 9.17) is 30.5 Å². The van der Waals surface area contributed by atoms with E-state index in [0.29, 0.717) is 86.8 Å². The van der Waals surface area contributed by atoms with Crippen molar-refractivity contribution in [2.75, 3.05) is 41.1 Å². The number of carbonyl (C=O) groups is 7. The topological polar surface area (TPSA) is 277 Å². The van der Waals surface area contributed by atoms with Crippen molar-refractivity contribution in [2.24, 2.45) is 5.41 Å². The monoisotopic (exact) mass is 1500 g/mol. The highest BCUT2D eigenvalue weighted by Gasteiger charge is 2.38. The van der Waals surface area contributed by atoms with Crippen molar-refractivity contribution < 1.29 is 57.6 Å². The number of aryl methyl sites for hydroxylation is 2. The first-order valence-corrected chi connectivity index (χ1v) is 37.2. The molecule has 0 saturated carbocycles. The molecule has 2 aromatic heterocycles. The van der Waals surface area contributed by atoms with Crippen LogP contribution in [0.2, 0.25) is 5.02 Å². The zero-order valence-corrected chi connectivity index (χ0v) is 64.1. The Kier molecular flexibility index (Phi) is 31.9. The van der Waals surface area contributed by atoms with Crippen LogP contribution in [-0.4, -0.2) is 96.8 Å². The van der Waals surface area contributed by atoms with Crippen molar-refractivity contribution >= 4 is 109 Å². The fourth-order valence-corrected chi connectivity index (χ4v) is 11.9. The minimum Gasteiger partial charge on any atom is -0.506 e. The van der Waals surface area contributed by atoms with Gasteiger partial charge in [0.05, 0.1) is 51.9 Å². The highest BCUT2D eigenvalue weighted by Crippen LogP contribution is 2.37. The largest absolute Gasteiger partial charge is 0.506 e. The van der Waals surface area contributed by atoms with Crippen LogP contribution in [0.3, 0.4) is 0 Å². The number of benzene rings is 9. The van der Waals surface area contributed by atoms with Crippen molar-refractivity contribution in [3.05, 3.63) is 222 Å². The summed E-state index contributed by atoms with van der Waals surface area (Å²) in [6.07, 6.45) is 16.1. The van der Waals surface area contributed by atoms with Gasteiger partial charge < -0.3 is 40.0 Å². The van der Waals surface area contributed by atoms with Crippen LogP contribution in [0.25, 0.3) is 32.8 Å². The third-order valence-corrected chi connectivity index (χ3v) is 17.7. The number of para-hydroxylation sites is 6. The van der Waals surface area contributed by atoms with Crippen molar-refractivity contribution in [3.8, 4) is 28.7 Å². The van der Waals surface area contributed by atoms with Gasteiger partial charge in [0.2, 0.25) is 5.91 Å². The molecule has 9 aromatic carbocycles. The minimum absolute atomic E-state index is 0.117. The molecule has 11 aromatic rings. The van der Waals surface area contributed by atoms with Crippen LogP contribution >= 0.6 is 11.6 Å². The third-order valence-electron chi connectivity index (χ3n) is 17.3. The number of rotatable bonds is 29.